The number of hydrogen-bond donors (Lipinski definition) is 1. The van der Waals surface area contributed by atoms with Crippen molar-refractivity contribution in [2.24, 2.45) is 0 Å². The topological polar surface area (TPSA) is 21.3 Å². The molecule has 1 heterocycles. The van der Waals surface area contributed by atoms with Gasteiger partial charge in [-0.25, -0.2) is 0 Å². The normalized spacial score (nSPS) is 24.0. The van der Waals surface area contributed by atoms with Gasteiger partial charge in [-0.3, -0.25) is 5.32 Å². The monoisotopic (exact) mass is 119 g/mol. The minimum atomic E-state index is 0.713. The predicted molar refractivity (Wildman–Crippen MR) is 31.0 cm³/mol. The van der Waals surface area contributed by atoms with Gasteiger partial charge in [0.25, 0.3) is 0 Å². The molecule has 1 aliphatic rings. The van der Waals surface area contributed by atoms with Gasteiger partial charge in [0.05, 0.1) is 0 Å². The van der Waals surface area contributed by atoms with E-state index >= 15 is 0 Å². The molecule has 7 heavy (non-hydrogen) atoms. The summed E-state index contributed by atoms with van der Waals surface area (Å²) in [6.07, 6.45) is 1.23. The van der Waals surface area contributed by atoms with Gasteiger partial charge in [-0.1, -0.05) is 0 Å². The van der Waals surface area contributed by atoms with Crippen LogP contribution in [-0.2, 0) is 4.18 Å². The third-order valence-electron chi connectivity index (χ3n) is 0.826. The van der Waals surface area contributed by atoms with Crippen molar-refractivity contribution in [3.8, 4) is 0 Å². The van der Waals surface area contributed by atoms with Gasteiger partial charge < -0.3 is 4.18 Å². The molecule has 1 aliphatic heterocycles. The third-order valence-corrected chi connectivity index (χ3v) is 1.57. The third kappa shape index (κ3) is 2.16. The van der Waals surface area contributed by atoms with Crippen LogP contribution in [-0.4, -0.2) is 19.0 Å². The first-order valence-electron chi connectivity index (χ1n) is 2.45. The fourth-order valence-corrected chi connectivity index (χ4v) is 1.02. The van der Waals surface area contributed by atoms with Crippen molar-refractivity contribution < 1.29 is 4.18 Å². The summed E-state index contributed by atoms with van der Waals surface area (Å²) in [4.78, 5) is 0. The van der Waals surface area contributed by atoms with Gasteiger partial charge in [0.1, 0.15) is 6.73 Å². The highest BCUT2D eigenvalue weighted by Gasteiger charge is 1.94. The van der Waals surface area contributed by atoms with E-state index in [1.54, 1.807) is 12.0 Å². The average Bonchev–Trinajstić information content (AvgIpc) is 1.90. The molecule has 1 rings (SSSR count). The van der Waals surface area contributed by atoms with E-state index in [9.17, 15) is 0 Å². The number of nitrogens with one attached hydrogen (secondary N) is 1. The van der Waals surface area contributed by atoms with Gasteiger partial charge in [-0.05, 0) is 25.0 Å². The van der Waals surface area contributed by atoms with Crippen LogP contribution < -0.4 is 5.32 Å². The van der Waals surface area contributed by atoms with E-state index in [1.807, 2.05) is 0 Å². The molecule has 0 aromatic rings. The molecule has 2 nitrogen and oxygen atoms in total. The van der Waals surface area contributed by atoms with Crippen LogP contribution in [0, 0.1) is 0 Å². The largest absolute Gasteiger partial charge is 0.300 e. The summed E-state index contributed by atoms with van der Waals surface area (Å²) in [5.41, 5.74) is 0. The molecule has 42 valence electrons. The van der Waals surface area contributed by atoms with Crippen molar-refractivity contribution in [2.45, 2.75) is 6.42 Å². The van der Waals surface area contributed by atoms with Crippen molar-refractivity contribution in [3.05, 3.63) is 0 Å². The van der Waals surface area contributed by atoms with Crippen molar-refractivity contribution >= 4 is 12.0 Å². The minimum absolute atomic E-state index is 0.713. The molecule has 3 heteroatoms. The lowest BCUT2D eigenvalue weighted by molar-refractivity contribution is 0.342. The molecule has 0 unspecified atom stereocenters. The number of rotatable bonds is 0. The van der Waals surface area contributed by atoms with Crippen molar-refractivity contribution in [2.75, 3.05) is 19.0 Å². The second-order valence-corrected chi connectivity index (χ2v) is 2.32. The van der Waals surface area contributed by atoms with Crippen LogP contribution in [0.1, 0.15) is 6.42 Å². The van der Waals surface area contributed by atoms with E-state index in [1.165, 1.54) is 6.42 Å². The molecule has 1 N–H and O–H groups in total. The minimum Gasteiger partial charge on any atom is -0.300 e. The zero-order chi connectivity index (χ0) is 4.95. The summed E-state index contributed by atoms with van der Waals surface area (Å²) in [6, 6.07) is 0. The summed E-state index contributed by atoms with van der Waals surface area (Å²) < 4.78 is 5.00. The Labute approximate surface area is 47.8 Å². The zero-order valence-electron chi connectivity index (χ0n) is 4.14. The Morgan fingerprint density at radius 2 is 2.57 bits per heavy atom. The number of hydrogen-bond acceptors (Lipinski definition) is 3. The molecule has 0 spiro atoms. The van der Waals surface area contributed by atoms with Crippen LogP contribution in [0.5, 0.6) is 0 Å². The fourth-order valence-electron chi connectivity index (χ4n) is 0.471. The van der Waals surface area contributed by atoms with E-state index in [4.69, 9.17) is 4.18 Å². The average molecular weight is 119 g/mol. The molecular formula is C4H9NOS. The quantitative estimate of drug-likeness (QED) is 0.472. The molecule has 0 radical (unpaired) electrons. The smallest absolute Gasteiger partial charge is 0.111 e. The van der Waals surface area contributed by atoms with E-state index < -0.39 is 0 Å². The second-order valence-electron chi connectivity index (χ2n) is 1.44. The lowest BCUT2D eigenvalue weighted by Crippen LogP contribution is -2.14. The Balaban J connectivity index is 2.04. The van der Waals surface area contributed by atoms with Gasteiger partial charge >= 0.3 is 0 Å². The first kappa shape index (κ1) is 5.41. The summed E-state index contributed by atoms with van der Waals surface area (Å²) in [5.74, 6) is 1.13. The molecule has 0 saturated carbocycles. The first-order valence-corrected chi connectivity index (χ1v) is 3.36. The summed E-state index contributed by atoms with van der Waals surface area (Å²) in [7, 11) is 0. The van der Waals surface area contributed by atoms with Crippen molar-refractivity contribution in [1.29, 1.82) is 0 Å². The van der Waals surface area contributed by atoms with Crippen LogP contribution in [0.2, 0.25) is 0 Å². The Kier molecular flexibility index (Phi) is 2.55. The standard InChI is InChI=1S/C4H9NOS/c1-2-5-4-6-7-3-1/h5H,1-4H2. The highest BCUT2D eigenvalue weighted by atomic mass is 32.2. The van der Waals surface area contributed by atoms with Crippen molar-refractivity contribution in [1.82, 2.24) is 5.32 Å². The zero-order valence-corrected chi connectivity index (χ0v) is 4.96. The maximum Gasteiger partial charge on any atom is 0.111 e. The lowest BCUT2D eigenvalue weighted by atomic mass is 10.5. The Morgan fingerprint density at radius 1 is 1.57 bits per heavy atom. The molecular weight excluding hydrogens is 110 g/mol. The van der Waals surface area contributed by atoms with Crippen LogP contribution >= 0.6 is 12.0 Å². The van der Waals surface area contributed by atoms with Gasteiger partial charge in [-0.15, -0.1) is 0 Å². The molecule has 0 aliphatic carbocycles. The van der Waals surface area contributed by atoms with Crippen molar-refractivity contribution in [3.63, 3.8) is 0 Å². The Bertz CT molecular complexity index is 31.3. The van der Waals surface area contributed by atoms with Gasteiger partial charge in [0.2, 0.25) is 0 Å². The van der Waals surface area contributed by atoms with Gasteiger partial charge in [-0.2, -0.15) is 0 Å². The van der Waals surface area contributed by atoms with E-state index in [2.05, 4.69) is 5.32 Å². The SMILES string of the molecule is C1CNCOSC1. The molecule has 0 aromatic carbocycles. The maximum atomic E-state index is 5.00. The molecule has 0 bridgehead atoms. The first-order chi connectivity index (χ1) is 3.50. The molecule has 0 aromatic heterocycles. The van der Waals surface area contributed by atoms with Crippen LogP contribution in [0.25, 0.3) is 0 Å². The predicted octanol–water partition coefficient (Wildman–Crippen LogP) is 0.602. The van der Waals surface area contributed by atoms with E-state index in [0.717, 1.165) is 12.3 Å². The molecule has 0 amide bonds. The summed E-state index contributed by atoms with van der Waals surface area (Å²) in [5, 5.41) is 3.10. The fraction of sp³-hybridized carbons (Fsp3) is 1.00. The summed E-state index contributed by atoms with van der Waals surface area (Å²) >= 11 is 1.55. The highest BCUT2D eigenvalue weighted by molar-refractivity contribution is 7.94. The van der Waals surface area contributed by atoms with Crippen LogP contribution in [0.3, 0.4) is 0 Å². The second kappa shape index (κ2) is 3.29. The highest BCUT2D eigenvalue weighted by Crippen LogP contribution is 2.04. The lowest BCUT2D eigenvalue weighted by Gasteiger charge is -1.92. The summed E-state index contributed by atoms with van der Waals surface area (Å²) in [6.45, 7) is 1.82. The van der Waals surface area contributed by atoms with Gasteiger partial charge in [0, 0.05) is 5.75 Å². The van der Waals surface area contributed by atoms with E-state index in [-0.39, 0.29) is 0 Å². The Hall–Kier alpha value is 0.270. The maximum absolute atomic E-state index is 5.00. The molecule has 1 fully saturated rings. The van der Waals surface area contributed by atoms with Crippen LogP contribution in [0.4, 0.5) is 0 Å². The Morgan fingerprint density at radius 3 is 3.57 bits per heavy atom. The molecule has 1 saturated heterocycles. The van der Waals surface area contributed by atoms with Crippen LogP contribution in [0.15, 0.2) is 0 Å². The molecule has 0 atom stereocenters. The van der Waals surface area contributed by atoms with Gasteiger partial charge in [0.15, 0.2) is 0 Å². The van der Waals surface area contributed by atoms with E-state index in [0.29, 0.717) is 6.73 Å².